The third-order valence-corrected chi connectivity index (χ3v) is 2.67. The number of ether oxygens (including phenoxy) is 1. The largest absolute Gasteiger partial charge is 0.484 e. The number of carbonyl (C=O) groups is 1. The van der Waals surface area contributed by atoms with Crippen LogP contribution in [0.15, 0.2) is 36.9 Å². The Kier molecular flexibility index (Phi) is 7.13. The van der Waals surface area contributed by atoms with Crippen LogP contribution in [0.25, 0.3) is 0 Å². The molecule has 0 heterocycles. The molecule has 0 saturated carbocycles. The molecule has 0 fully saturated rings. The van der Waals surface area contributed by atoms with Gasteiger partial charge >= 0.3 is 0 Å². The first-order valence-corrected chi connectivity index (χ1v) is 6.71. The lowest BCUT2D eigenvalue weighted by atomic mass is 10.2. The van der Waals surface area contributed by atoms with Crippen molar-refractivity contribution in [2.75, 3.05) is 13.2 Å². The quantitative estimate of drug-likeness (QED) is 0.419. The highest BCUT2D eigenvalue weighted by Gasteiger charge is 2.03. The third-order valence-electron chi connectivity index (χ3n) is 2.42. The summed E-state index contributed by atoms with van der Waals surface area (Å²) in [5, 5.41) is 3.15. The summed E-state index contributed by atoms with van der Waals surface area (Å²) in [4.78, 5) is 11.5. The number of hydrazine groups is 1. The Morgan fingerprint density at radius 2 is 2.05 bits per heavy atom. The minimum atomic E-state index is -0.313. The van der Waals surface area contributed by atoms with E-state index in [1.807, 2.05) is 24.3 Å². The first kappa shape index (κ1) is 16.0. The van der Waals surface area contributed by atoms with Gasteiger partial charge in [-0.15, -0.1) is 6.58 Å². The number of hydrogen-bond donors (Lipinski definition) is 3. The van der Waals surface area contributed by atoms with Gasteiger partial charge in [0.25, 0.3) is 5.91 Å². The number of amides is 1. The van der Waals surface area contributed by atoms with Crippen LogP contribution in [0.5, 0.6) is 5.75 Å². The lowest BCUT2D eigenvalue weighted by Crippen LogP contribution is -2.48. The summed E-state index contributed by atoms with van der Waals surface area (Å²) in [6.07, 6.45) is 2.64. The lowest BCUT2D eigenvalue weighted by Gasteiger charge is -2.11. The molecular weight excluding hydrogens is 274 g/mol. The van der Waals surface area contributed by atoms with Crippen molar-refractivity contribution >= 4 is 23.2 Å². The summed E-state index contributed by atoms with van der Waals surface area (Å²) < 4.78 is 5.35. The molecule has 0 aromatic heterocycles. The molecule has 3 N–H and O–H groups in total. The van der Waals surface area contributed by atoms with Crippen LogP contribution >= 0.6 is 12.2 Å². The van der Waals surface area contributed by atoms with E-state index in [0.29, 0.717) is 17.4 Å². The predicted molar refractivity (Wildman–Crippen MR) is 83.4 cm³/mol. The van der Waals surface area contributed by atoms with Gasteiger partial charge in [0, 0.05) is 6.54 Å². The van der Waals surface area contributed by atoms with Crippen LogP contribution in [-0.2, 0) is 11.2 Å². The van der Waals surface area contributed by atoms with Crippen molar-refractivity contribution in [3.05, 3.63) is 42.5 Å². The van der Waals surface area contributed by atoms with Crippen molar-refractivity contribution in [1.82, 2.24) is 16.2 Å². The average molecular weight is 293 g/mol. The fraction of sp³-hybridized carbons (Fsp3) is 0.286. The monoisotopic (exact) mass is 293 g/mol. The summed E-state index contributed by atoms with van der Waals surface area (Å²) in [5.41, 5.74) is 6.22. The second-order valence-electron chi connectivity index (χ2n) is 3.96. The summed E-state index contributed by atoms with van der Waals surface area (Å²) in [6, 6.07) is 7.63. The van der Waals surface area contributed by atoms with Crippen molar-refractivity contribution in [3.63, 3.8) is 0 Å². The fourth-order valence-corrected chi connectivity index (χ4v) is 1.48. The first-order chi connectivity index (χ1) is 9.65. The Bertz CT molecular complexity index is 460. The molecule has 1 rings (SSSR count). The van der Waals surface area contributed by atoms with Gasteiger partial charge in [0.05, 0.1) is 0 Å². The second kappa shape index (κ2) is 8.92. The van der Waals surface area contributed by atoms with Gasteiger partial charge in [-0.05, 0) is 36.3 Å². The lowest BCUT2D eigenvalue weighted by molar-refractivity contribution is -0.123. The molecule has 108 valence electrons. The number of aryl methyl sites for hydroxylation is 1. The highest BCUT2D eigenvalue weighted by atomic mass is 32.1. The third kappa shape index (κ3) is 6.19. The van der Waals surface area contributed by atoms with Gasteiger partial charge < -0.3 is 10.1 Å². The highest BCUT2D eigenvalue weighted by Crippen LogP contribution is 2.12. The SMILES string of the molecule is C=CCNC(=S)NNC(=O)COc1ccc(CC)cc1. The van der Waals surface area contributed by atoms with Crippen LogP contribution in [0.2, 0.25) is 0 Å². The fourth-order valence-electron chi connectivity index (χ4n) is 1.34. The molecule has 5 nitrogen and oxygen atoms in total. The molecule has 0 radical (unpaired) electrons. The zero-order chi connectivity index (χ0) is 14.8. The number of hydrogen-bond acceptors (Lipinski definition) is 3. The van der Waals surface area contributed by atoms with Gasteiger partial charge in [0.2, 0.25) is 0 Å². The molecule has 20 heavy (non-hydrogen) atoms. The molecular formula is C14H19N3O2S. The van der Waals surface area contributed by atoms with Crippen molar-refractivity contribution in [1.29, 1.82) is 0 Å². The number of thiocarbonyl (C=S) groups is 1. The molecule has 0 atom stereocenters. The van der Waals surface area contributed by atoms with E-state index in [1.54, 1.807) is 6.08 Å². The minimum absolute atomic E-state index is 0.0808. The van der Waals surface area contributed by atoms with E-state index in [4.69, 9.17) is 17.0 Å². The predicted octanol–water partition coefficient (Wildman–Crippen LogP) is 1.31. The Hall–Kier alpha value is -2.08. The smallest absolute Gasteiger partial charge is 0.276 e. The van der Waals surface area contributed by atoms with Gasteiger partial charge in [-0.25, -0.2) is 0 Å². The van der Waals surface area contributed by atoms with Crippen LogP contribution in [0, 0.1) is 0 Å². The summed E-state index contributed by atoms with van der Waals surface area (Å²) in [5.74, 6) is 0.344. The van der Waals surface area contributed by atoms with Gasteiger partial charge in [-0.3, -0.25) is 15.6 Å². The van der Waals surface area contributed by atoms with Gasteiger partial charge in [0.1, 0.15) is 5.75 Å². The van der Waals surface area contributed by atoms with Gasteiger partial charge in [-0.2, -0.15) is 0 Å². The number of carbonyl (C=O) groups excluding carboxylic acids is 1. The highest BCUT2D eigenvalue weighted by molar-refractivity contribution is 7.80. The van der Waals surface area contributed by atoms with Crippen LogP contribution in [0.4, 0.5) is 0 Å². The molecule has 0 aliphatic carbocycles. The standard InChI is InChI=1S/C14H19N3O2S/c1-3-9-15-14(20)17-16-13(18)10-19-12-7-5-11(4-2)6-8-12/h3,5-8H,1,4,9-10H2,2H3,(H,16,18)(H2,15,17,20). The number of nitrogens with one attached hydrogen (secondary N) is 3. The molecule has 0 bridgehead atoms. The van der Waals surface area contributed by atoms with Gasteiger partial charge in [-0.1, -0.05) is 25.1 Å². The van der Waals surface area contributed by atoms with Crippen LogP contribution in [0.1, 0.15) is 12.5 Å². The maximum absolute atomic E-state index is 11.5. The first-order valence-electron chi connectivity index (χ1n) is 6.31. The van der Waals surface area contributed by atoms with E-state index in [2.05, 4.69) is 29.7 Å². The molecule has 6 heteroatoms. The van der Waals surface area contributed by atoms with Crippen LogP contribution in [-0.4, -0.2) is 24.2 Å². The molecule has 0 aliphatic heterocycles. The van der Waals surface area contributed by atoms with E-state index in [0.717, 1.165) is 6.42 Å². The zero-order valence-electron chi connectivity index (χ0n) is 11.4. The number of rotatable bonds is 6. The van der Waals surface area contributed by atoms with E-state index >= 15 is 0 Å². The molecule has 1 amide bonds. The Morgan fingerprint density at radius 1 is 1.35 bits per heavy atom. The van der Waals surface area contributed by atoms with Crippen LogP contribution < -0.4 is 20.9 Å². The minimum Gasteiger partial charge on any atom is -0.484 e. The summed E-state index contributed by atoms with van der Waals surface area (Å²) in [7, 11) is 0. The molecule has 1 aromatic carbocycles. The van der Waals surface area contributed by atoms with Crippen LogP contribution in [0.3, 0.4) is 0 Å². The Morgan fingerprint density at radius 3 is 2.65 bits per heavy atom. The van der Waals surface area contributed by atoms with Crippen molar-refractivity contribution < 1.29 is 9.53 Å². The summed E-state index contributed by atoms with van der Waals surface area (Å²) in [6.45, 7) is 6.08. The number of benzene rings is 1. The summed E-state index contributed by atoms with van der Waals surface area (Å²) >= 11 is 4.92. The van der Waals surface area contributed by atoms with E-state index in [9.17, 15) is 4.79 Å². The molecule has 1 aromatic rings. The second-order valence-corrected chi connectivity index (χ2v) is 4.37. The van der Waals surface area contributed by atoms with Crippen molar-refractivity contribution in [2.24, 2.45) is 0 Å². The van der Waals surface area contributed by atoms with Gasteiger partial charge in [0.15, 0.2) is 11.7 Å². The molecule has 0 unspecified atom stereocenters. The van der Waals surface area contributed by atoms with Crippen molar-refractivity contribution in [2.45, 2.75) is 13.3 Å². The maximum atomic E-state index is 11.5. The molecule has 0 saturated heterocycles. The molecule has 0 aliphatic rings. The normalized spacial score (nSPS) is 9.45. The Balaban J connectivity index is 2.25. The van der Waals surface area contributed by atoms with E-state index in [1.165, 1.54) is 5.56 Å². The van der Waals surface area contributed by atoms with Crippen molar-refractivity contribution in [3.8, 4) is 5.75 Å². The zero-order valence-corrected chi connectivity index (χ0v) is 12.3. The van der Waals surface area contributed by atoms with E-state index in [-0.39, 0.29) is 12.5 Å². The Labute approximate surface area is 124 Å². The topological polar surface area (TPSA) is 62.4 Å². The van der Waals surface area contributed by atoms with E-state index < -0.39 is 0 Å². The molecule has 0 spiro atoms. The maximum Gasteiger partial charge on any atom is 0.276 e. The average Bonchev–Trinajstić information content (AvgIpc) is 2.49.